The lowest BCUT2D eigenvalue weighted by atomic mass is 10.2. The summed E-state index contributed by atoms with van der Waals surface area (Å²) in [5.41, 5.74) is 0. The van der Waals surface area contributed by atoms with Gasteiger partial charge in [-0.3, -0.25) is 0 Å². The van der Waals surface area contributed by atoms with Crippen LogP contribution in [0.2, 0.25) is 0 Å². The van der Waals surface area contributed by atoms with Gasteiger partial charge in [0.25, 0.3) is 0 Å². The summed E-state index contributed by atoms with van der Waals surface area (Å²) < 4.78 is 23.6. The maximum atomic E-state index is 11.8. The highest BCUT2D eigenvalue weighted by Gasteiger charge is 2.19. The van der Waals surface area contributed by atoms with Gasteiger partial charge in [0, 0.05) is 13.3 Å². The molecule has 0 bridgehead atoms. The second kappa shape index (κ2) is 3.00. The Hall–Kier alpha value is -0.140. The molecule has 0 atom stereocenters. The minimum Gasteiger partial charge on any atom is -0.207 e. The predicted octanol–water partition coefficient (Wildman–Crippen LogP) is 2.65. The molecule has 0 aromatic carbocycles. The Morgan fingerprint density at radius 1 is 1.50 bits per heavy atom. The van der Waals surface area contributed by atoms with Crippen LogP contribution < -0.4 is 0 Å². The quantitative estimate of drug-likeness (QED) is 0.538. The monoisotopic (exact) mass is 121 g/mol. The summed E-state index contributed by atoms with van der Waals surface area (Å²) in [5.74, 6) is -2.70. The second-order valence-corrected chi connectivity index (χ2v) is 1.96. The average molecular weight is 121 g/mol. The minimum absolute atomic E-state index is 0.0799. The van der Waals surface area contributed by atoms with Crippen LogP contribution in [0.4, 0.5) is 8.78 Å². The fourth-order valence-electron chi connectivity index (χ4n) is 0.435. The van der Waals surface area contributed by atoms with E-state index in [4.69, 9.17) is 0 Å². The van der Waals surface area contributed by atoms with E-state index in [-0.39, 0.29) is 6.42 Å². The third kappa shape index (κ3) is 5.86. The van der Waals surface area contributed by atoms with E-state index in [1.54, 1.807) is 0 Å². The van der Waals surface area contributed by atoms with Crippen molar-refractivity contribution in [3.8, 4) is 0 Å². The van der Waals surface area contributed by atoms with Crippen molar-refractivity contribution < 1.29 is 8.78 Å². The Morgan fingerprint density at radius 2 is 2.00 bits per heavy atom. The Morgan fingerprint density at radius 3 is 2.12 bits per heavy atom. The van der Waals surface area contributed by atoms with Crippen LogP contribution in [0.15, 0.2) is 0 Å². The van der Waals surface area contributed by atoms with Gasteiger partial charge in [0.15, 0.2) is 0 Å². The van der Waals surface area contributed by atoms with Gasteiger partial charge in [-0.05, 0) is 6.42 Å². The third-order valence-electron chi connectivity index (χ3n) is 0.896. The molecule has 0 aliphatic heterocycles. The first-order valence-electron chi connectivity index (χ1n) is 2.79. The number of rotatable bonds is 3. The van der Waals surface area contributed by atoms with E-state index in [0.717, 1.165) is 6.42 Å². The predicted molar refractivity (Wildman–Crippen MR) is 29.8 cm³/mol. The smallest absolute Gasteiger partial charge is 0.207 e. The molecule has 0 unspecified atom stereocenters. The van der Waals surface area contributed by atoms with Crippen molar-refractivity contribution in [1.29, 1.82) is 0 Å². The first-order valence-corrected chi connectivity index (χ1v) is 2.79. The topological polar surface area (TPSA) is 0 Å². The van der Waals surface area contributed by atoms with E-state index in [1.165, 1.54) is 0 Å². The summed E-state index contributed by atoms with van der Waals surface area (Å²) in [6, 6.07) is 0. The summed E-state index contributed by atoms with van der Waals surface area (Å²) in [6.45, 7) is 4.56. The van der Waals surface area contributed by atoms with Gasteiger partial charge in [-0.15, -0.1) is 0 Å². The molecule has 8 heavy (non-hydrogen) atoms. The maximum Gasteiger partial charge on any atom is 0.248 e. The van der Waals surface area contributed by atoms with Gasteiger partial charge in [0.1, 0.15) is 0 Å². The van der Waals surface area contributed by atoms with Crippen molar-refractivity contribution in [3.05, 3.63) is 6.92 Å². The number of hydrogen-bond donors (Lipinski definition) is 0. The zero-order chi connectivity index (χ0) is 6.62. The van der Waals surface area contributed by atoms with Crippen LogP contribution in [-0.4, -0.2) is 5.92 Å². The molecule has 2 heteroatoms. The van der Waals surface area contributed by atoms with Crippen LogP contribution in [0.3, 0.4) is 0 Å². The molecule has 0 nitrogen and oxygen atoms in total. The zero-order valence-electron chi connectivity index (χ0n) is 5.08. The molecule has 0 saturated carbocycles. The van der Waals surface area contributed by atoms with Gasteiger partial charge >= 0.3 is 0 Å². The third-order valence-corrected chi connectivity index (χ3v) is 0.896. The van der Waals surface area contributed by atoms with Crippen LogP contribution in [0.5, 0.6) is 0 Å². The summed E-state index contributed by atoms with van der Waals surface area (Å²) in [7, 11) is 0. The molecule has 1 radical (unpaired) electrons. The van der Waals surface area contributed by atoms with E-state index in [2.05, 4.69) is 6.92 Å². The van der Waals surface area contributed by atoms with Crippen molar-refractivity contribution in [2.75, 3.05) is 0 Å². The first-order chi connectivity index (χ1) is 3.56. The number of alkyl halides is 2. The minimum atomic E-state index is -2.70. The fraction of sp³-hybridized carbons (Fsp3) is 0.833. The van der Waals surface area contributed by atoms with Crippen LogP contribution in [-0.2, 0) is 0 Å². The van der Waals surface area contributed by atoms with E-state index < -0.39 is 5.92 Å². The molecule has 0 spiro atoms. The molecular weight excluding hydrogens is 110 g/mol. The molecule has 49 valence electrons. The standard InChI is InChI=1S/C6H11F2/c1-3-4-5-6(2,7)8/h2-5H2,1H3. The molecule has 0 aliphatic rings. The summed E-state index contributed by atoms with van der Waals surface area (Å²) in [5, 5.41) is 0. The highest BCUT2D eigenvalue weighted by atomic mass is 19.3. The van der Waals surface area contributed by atoms with Crippen molar-refractivity contribution in [2.45, 2.75) is 32.1 Å². The number of unbranched alkanes of at least 4 members (excludes halogenated alkanes) is 1. The Balaban J connectivity index is 3.11. The molecule has 0 aliphatic carbocycles. The van der Waals surface area contributed by atoms with E-state index >= 15 is 0 Å². The zero-order valence-corrected chi connectivity index (χ0v) is 5.08. The van der Waals surface area contributed by atoms with E-state index in [0.29, 0.717) is 6.42 Å². The molecule has 0 aromatic rings. The highest BCUT2D eigenvalue weighted by molar-refractivity contribution is 4.66. The van der Waals surface area contributed by atoms with Gasteiger partial charge in [0.2, 0.25) is 5.92 Å². The summed E-state index contributed by atoms with van der Waals surface area (Å²) in [4.78, 5) is 0. The van der Waals surface area contributed by atoms with Gasteiger partial charge in [0.05, 0.1) is 0 Å². The largest absolute Gasteiger partial charge is 0.248 e. The summed E-state index contributed by atoms with van der Waals surface area (Å²) in [6.07, 6.45) is 1.30. The lowest BCUT2D eigenvalue weighted by molar-refractivity contribution is 0.0400. The van der Waals surface area contributed by atoms with Crippen molar-refractivity contribution in [2.24, 2.45) is 0 Å². The molecule has 0 saturated heterocycles. The molecule has 0 N–H and O–H groups in total. The highest BCUT2D eigenvalue weighted by Crippen LogP contribution is 2.18. The van der Waals surface area contributed by atoms with Crippen LogP contribution in [0, 0.1) is 6.92 Å². The summed E-state index contributed by atoms with van der Waals surface area (Å²) >= 11 is 0. The van der Waals surface area contributed by atoms with Crippen molar-refractivity contribution in [1.82, 2.24) is 0 Å². The normalized spacial score (nSPS) is 12.0. The molecule has 0 heterocycles. The SMILES string of the molecule is [CH2]C(F)(F)CCCC. The van der Waals surface area contributed by atoms with Crippen molar-refractivity contribution >= 4 is 0 Å². The lowest BCUT2D eigenvalue weighted by Crippen LogP contribution is -2.08. The van der Waals surface area contributed by atoms with Crippen LogP contribution in [0.1, 0.15) is 26.2 Å². The fourth-order valence-corrected chi connectivity index (χ4v) is 0.435. The lowest BCUT2D eigenvalue weighted by Gasteiger charge is -2.06. The Kier molecular flexibility index (Phi) is 2.95. The van der Waals surface area contributed by atoms with Gasteiger partial charge in [-0.2, -0.15) is 0 Å². The second-order valence-electron chi connectivity index (χ2n) is 1.96. The molecule has 0 aromatic heterocycles. The van der Waals surface area contributed by atoms with Gasteiger partial charge in [-0.1, -0.05) is 13.3 Å². The number of hydrogen-bond acceptors (Lipinski definition) is 0. The van der Waals surface area contributed by atoms with Crippen LogP contribution in [0.25, 0.3) is 0 Å². The molecular formula is C6H11F2. The van der Waals surface area contributed by atoms with E-state index in [1.807, 2.05) is 6.92 Å². The van der Waals surface area contributed by atoms with Crippen LogP contribution >= 0.6 is 0 Å². The molecule has 0 rings (SSSR count). The van der Waals surface area contributed by atoms with E-state index in [9.17, 15) is 8.78 Å². The molecule has 0 fully saturated rings. The van der Waals surface area contributed by atoms with Crippen molar-refractivity contribution in [3.63, 3.8) is 0 Å². The van der Waals surface area contributed by atoms with Gasteiger partial charge in [-0.25, -0.2) is 8.78 Å². The Bertz CT molecular complexity index is 54.0. The van der Waals surface area contributed by atoms with Gasteiger partial charge < -0.3 is 0 Å². The Labute approximate surface area is 48.9 Å². The number of halogens is 2. The molecule has 0 amide bonds. The maximum absolute atomic E-state index is 11.8. The average Bonchev–Trinajstić information content (AvgIpc) is 1.59. The first kappa shape index (κ1) is 7.86.